The lowest BCUT2D eigenvalue weighted by molar-refractivity contribution is 0.944. The van der Waals surface area contributed by atoms with Gasteiger partial charge in [-0.15, -0.1) is 0 Å². The maximum Gasteiger partial charge on any atom is 0.254 e. The molecule has 0 bridgehead atoms. The molecule has 2 heterocycles. The van der Waals surface area contributed by atoms with Crippen LogP contribution >= 0.6 is 0 Å². The standard InChI is InChI=1S/C16H13N5/c1-10-14(15(17)21-16(20-10)18-9-19-21)13-7-6-11-4-2-3-5-12(11)8-13/h2-9H,17H2,1H3. The SMILES string of the molecule is Cc1nc2ncnn2c(N)c1-c1ccc2ccccc2c1. The second kappa shape index (κ2) is 4.28. The van der Waals surface area contributed by atoms with Crippen LogP contribution < -0.4 is 5.73 Å². The highest BCUT2D eigenvalue weighted by atomic mass is 15.3. The van der Waals surface area contributed by atoms with Gasteiger partial charge in [0.15, 0.2) is 0 Å². The molecule has 0 saturated carbocycles. The molecule has 4 aromatic rings. The third-order valence-electron chi connectivity index (χ3n) is 3.68. The van der Waals surface area contributed by atoms with E-state index in [1.54, 1.807) is 4.52 Å². The van der Waals surface area contributed by atoms with E-state index in [4.69, 9.17) is 5.73 Å². The summed E-state index contributed by atoms with van der Waals surface area (Å²) in [6.45, 7) is 1.94. The van der Waals surface area contributed by atoms with E-state index in [1.807, 2.05) is 19.1 Å². The van der Waals surface area contributed by atoms with Crippen LogP contribution in [0.2, 0.25) is 0 Å². The Hall–Kier alpha value is -2.95. The number of anilines is 1. The molecule has 2 aromatic heterocycles. The van der Waals surface area contributed by atoms with Crippen LogP contribution in [0.25, 0.3) is 27.7 Å². The number of hydrogen-bond acceptors (Lipinski definition) is 4. The third kappa shape index (κ3) is 1.74. The summed E-state index contributed by atoms with van der Waals surface area (Å²) < 4.78 is 1.57. The van der Waals surface area contributed by atoms with E-state index in [-0.39, 0.29) is 0 Å². The molecular weight excluding hydrogens is 262 g/mol. The molecule has 0 aliphatic heterocycles. The van der Waals surface area contributed by atoms with Crippen LogP contribution in [-0.2, 0) is 0 Å². The first-order valence-electron chi connectivity index (χ1n) is 6.69. The third-order valence-corrected chi connectivity index (χ3v) is 3.68. The topological polar surface area (TPSA) is 69.1 Å². The van der Waals surface area contributed by atoms with Gasteiger partial charge in [0.05, 0.1) is 5.69 Å². The van der Waals surface area contributed by atoms with Gasteiger partial charge < -0.3 is 5.73 Å². The lowest BCUT2D eigenvalue weighted by Crippen LogP contribution is -2.05. The average Bonchev–Trinajstić information content (AvgIpc) is 2.95. The largest absolute Gasteiger partial charge is 0.383 e. The molecule has 0 fully saturated rings. The smallest absolute Gasteiger partial charge is 0.254 e. The minimum absolute atomic E-state index is 0.523. The van der Waals surface area contributed by atoms with Crippen LogP contribution in [0.5, 0.6) is 0 Å². The van der Waals surface area contributed by atoms with Crippen molar-refractivity contribution < 1.29 is 0 Å². The Balaban J connectivity index is 2.03. The summed E-state index contributed by atoms with van der Waals surface area (Å²) in [6, 6.07) is 14.5. The van der Waals surface area contributed by atoms with Gasteiger partial charge in [0.1, 0.15) is 12.1 Å². The van der Waals surface area contributed by atoms with Crippen molar-refractivity contribution in [2.45, 2.75) is 6.92 Å². The fraction of sp³-hybridized carbons (Fsp3) is 0.0625. The molecule has 0 unspecified atom stereocenters. The van der Waals surface area contributed by atoms with Crippen molar-refractivity contribution in [3.8, 4) is 11.1 Å². The number of nitrogens with zero attached hydrogens (tertiary/aromatic N) is 4. The molecule has 0 spiro atoms. The van der Waals surface area contributed by atoms with Gasteiger partial charge in [-0.25, -0.2) is 4.98 Å². The Labute approximate surface area is 121 Å². The molecule has 21 heavy (non-hydrogen) atoms. The lowest BCUT2D eigenvalue weighted by atomic mass is 10.0. The number of nitrogen functional groups attached to an aromatic ring is 1. The summed E-state index contributed by atoms with van der Waals surface area (Å²) >= 11 is 0. The zero-order valence-electron chi connectivity index (χ0n) is 11.5. The predicted octanol–water partition coefficient (Wildman–Crippen LogP) is 2.84. The second-order valence-corrected chi connectivity index (χ2v) is 4.99. The number of fused-ring (bicyclic) bond motifs is 2. The molecule has 0 radical (unpaired) electrons. The van der Waals surface area contributed by atoms with E-state index in [1.165, 1.54) is 17.1 Å². The quantitative estimate of drug-likeness (QED) is 0.580. The highest BCUT2D eigenvalue weighted by Crippen LogP contribution is 2.30. The highest BCUT2D eigenvalue weighted by Gasteiger charge is 2.13. The Morgan fingerprint density at radius 1 is 1.05 bits per heavy atom. The molecule has 2 N–H and O–H groups in total. The van der Waals surface area contributed by atoms with Crippen molar-refractivity contribution in [2.24, 2.45) is 0 Å². The molecule has 0 saturated heterocycles. The molecule has 5 nitrogen and oxygen atoms in total. The number of aromatic nitrogens is 4. The van der Waals surface area contributed by atoms with Gasteiger partial charge in [-0.1, -0.05) is 36.4 Å². The monoisotopic (exact) mass is 275 g/mol. The average molecular weight is 275 g/mol. The first-order chi connectivity index (χ1) is 10.2. The van der Waals surface area contributed by atoms with E-state index in [2.05, 4.69) is 45.4 Å². The molecule has 0 amide bonds. The lowest BCUT2D eigenvalue weighted by Gasteiger charge is -2.11. The summed E-state index contributed by atoms with van der Waals surface area (Å²) in [5.74, 6) is 1.08. The van der Waals surface area contributed by atoms with Gasteiger partial charge in [0.2, 0.25) is 0 Å². The Morgan fingerprint density at radius 3 is 2.71 bits per heavy atom. The van der Waals surface area contributed by atoms with E-state index >= 15 is 0 Å². The Morgan fingerprint density at radius 2 is 1.86 bits per heavy atom. The van der Waals surface area contributed by atoms with Crippen molar-refractivity contribution in [1.29, 1.82) is 0 Å². The molecule has 102 valence electrons. The highest BCUT2D eigenvalue weighted by molar-refractivity contribution is 5.89. The number of nitrogens with two attached hydrogens (primary N) is 1. The molecule has 4 rings (SSSR count). The normalized spacial score (nSPS) is 11.3. The zero-order valence-corrected chi connectivity index (χ0v) is 11.5. The summed E-state index contributed by atoms with van der Waals surface area (Å²) in [5, 5.41) is 6.50. The zero-order chi connectivity index (χ0) is 14.4. The Bertz CT molecular complexity index is 971. The fourth-order valence-electron chi connectivity index (χ4n) is 2.68. The van der Waals surface area contributed by atoms with Gasteiger partial charge >= 0.3 is 0 Å². The van der Waals surface area contributed by atoms with Crippen LogP contribution in [0.4, 0.5) is 5.82 Å². The maximum atomic E-state index is 6.26. The van der Waals surface area contributed by atoms with Crippen LogP contribution in [0.1, 0.15) is 5.69 Å². The second-order valence-electron chi connectivity index (χ2n) is 4.99. The van der Waals surface area contributed by atoms with E-state index < -0.39 is 0 Å². The number of hydrogen-bond donors (Lipinski definition) is 1. The molecular formula is C16H13N5. The first-order valence-corrected chi connectivity index (χ1v) is 6.69. The number of aryl methyl sites for hydroxylation is 1. The van der Waals surface area contributed by atoms with Gasteiger partial charge in [0.25, 0.3) is 5.78 Å². The number of rotatable bonds is 1. The van der Waals surface area contributed by atoms with Crippen molar-refractivity contribution in [1.82, 2.24) is 19.6 Å². The van der Waals surface area contributed by atoms with Crippen molar-refractivity contribution in [3.63, 3.8) is 0 Å². The molecule has 0 aliphatic carbocycles. The van der Waals surface area contributed by atoms with Crippen LogP contribution in [-0.4, -0.2) is 19.6 Å². The number of benzene rings is 2. The summed E-state index contributed by atoms with van der Waals surface area (Å²) in [7, 11) is 0. The fourth-order valence-corrected chi connectivity index (χ4v) is 2.68. The van der Waals surface area contributed by atoms with Crippen LogP contribution in [0, 0.1) is 6.92 Å². The van der Waals surface area contributed by atoms with E-state index in [9.17, 15) is 0 Å². The van der Waals surface area contributed by atoms with Gasteiger partial charge in [-0.3, -0.25) is 0 Å². The van der Waals surface area contributed by atoms with Crippen LogP contribution in [0.3, 0.4) is 0 Å². The molecule has 5 heteroatoms. The van der Waals surface area contributed by atoms with Crippen molar-refractivity contribution in [2.75, 3.05) is 5.73 Å². The predicted molar refractivity (Wildman–Crippen MR) is 82.9 cm³/mol. The van der Waals surface area contributed by atoms with Crippen molar-refractivity contribution >= 4 is 22.4 Å². The maximum absolute atomic E-state index is 6.26. The summed E-state index contributed by atoms with van der Waals surface area (Å²) in [5.41, 5.74) is 9.05. The first kappa shape index (κ1) is 11.8. The summed E-state index contributed by atoms with van der Waals surface area (Å²) in [6.07, 6.45) is 1.46. The van der Waals surface area contributed by atoms with Gasteiger partial charge in [0, 0.05) is 5.56 Å². The van der Waals surface area contributed by atoms with Gasteiger partial charge in [-0.05, 0) is 29.3 Å². The van der Waals surface area contributed by atoms with E-state index in [0.29, 0.717) is 11.6 Å². The van der Waals surface area contributed by atoms with Crippen LogP contribution in [0.15, 0.2) is 48.8 Å². The molecule has 0 aliphatic rings. The van der Waals surface area contributed by atoms with Crippen molar-refractivity contribution in [3.05, 3.63) is 54.5 Å². The minimum atomic E-state index is 0.523. The minimum Gasteiger partial charge on any atom is -0.383 e. The molecule has 0 atom stereocenters. The summed E-state index contributed by atoms with van der Waals surface area (Å²) in [4.78, 5) is 8.55. The Kier molecular flexibility index (Phi) is 2.41. The van der Waals surface area contributed by atoms with E-state index in [0.717, 1.165) is 16.8 Å². The van der Waals surface area contributed by atoms with Gasteiger partial charge in [-0.2, -0.15) is 14.6 Å². The molecule has 2 aromatic carbocycles.